The first-order chi connectivity index (χ1) is 10.6. The maximum atomic E-state index is 12.7. The Morgan fingerprint density at radius 1 is 1.30 bits per heavy atom. The molecule has 5 nitrogen and oxygen atoms in total. The first-order valence-electron chi connectivity index (χ1n) is 8.20. The molecule has 1 aliphatic rings. The second-order valence-corrected chi connectivity index (χ2v) is 7.28. The molecule has 1 heterocycles. The summed E-state index contributed by atoms with van der Waals surface area (Å²) in [6.45, 7) is 8.24. The first kappa shape index (κ1) is 17.6. The van der Waals surface area contributed by atoms with Crippen molar-refractivity contribution in [3.63, 3.8) is 0 Å². The molecule has 2 amide bonds. The molecule has 1 aliphatic heterocycles. The van der Waals surface area contributed by atoms with E-state index < -0.39 is 5.60 Å². The zero-order valence-electron chi connectivity index (χ0n) is 15.1. The van der Waals surface area contributed by atoms with E-state index in [1.807, 2.05) is 27.9 Å². The van der Waals surface area contributed by atoms with E-state index in [1.165, 1.54) is 0 Å². The number of likely N-dealkylation sites (tertiary alicyclic amines) is 1. The summed E-state index contributed by atoms with van der Waals surface area (Å²) in [5.74, 6) is 0. The quantitative estimate of drug-likeness (QED) is 0.900. The molecule has 1 saturated heterocycles. The predicted molar refractivity (Wildman–Crippen MR) is 95.3 cm³/mol. The number of benzene rings is 1. The normalized spacial score (nSPS) is 18.2. The number of nitrogens with one attached hydrogen (secondary N) is 1. The van der Waals surface area contributed by atoms with Crippen LogP contribution in [0, 0.1) is 13.8 Å². The van der Waals surface area contributed by atoms with Gasteiger partial charge in [-0.25, -0.2) is 4.79 Å². The molecular weight excluding hydrogens is 290 g/mol. The van der Waals surface area contributed by atoms with E-state index in [9.17, 15) is 9.90 Å². The topological polar surface area (TPSA) is 55.8 Å². The highest BCUT2D eigenvalue weighted by Crippen LogP contribution is 2.30. The zero-order valence-corrected chi connectivity index (χ0v) is 15.1. The highest BCUT2D eigenvalue weighted by molar-refractivity contribution is 5.92. The SMILES string of the molecule is Cc1cc(N(C)C)cc(C)c1NC(=O)N1CCCC1C(C)(C)O. The maximum absolute atomic E-state index is 12.7. The van der Waals surface area contributed by atoms with Crippen molar-refractivity contribution in [2.75, 3.05) is 30.9 Å². The smallest absolute Gasteiger partial charge is 0.322 e. The molecule has 128 valence electrons. The van der Waals surface area contributed by atoms with Crippen molar-refractivity contribution in [1.82, 2.24) is 4.90 Å². The van der Waals surface area contributed by atoms with Crippen molar-refractivity contribution < 1.29 is 9.90 Å². The lowest BCUT2D eigenvalue weighted by Crippen LogP contribution is -2.49. The summed E-state index contributed by atoms with van der Waals surface area (Å²) < 4.78 is 0. The lowest BCUT2D eigenvalue weighted by atomic mass is 9.97. The second kappa shape index (κ2) is 6.40. The summed E-state index contributed by atoms with van der Waals surface area (Å²) in [4.78, 5) is 16.5. The van der Waals surface area contributed by atoms with Gasteiger partial charge in [0, 0.05) is 32.0 Å². The van der Waals surface area contributed by atoms with Crippen LogP contribution >= 0.6 is 0 Å². The van der Waals surface area contributed by atoms with E-state index in [2.05, 4.69) is 22.3 Å². The molecule has 1 aromatic rings. The van der Waals surface area contributed by atoms with Crippen LogP contribution in [0.25, 0.3) is 0 Å². The van der Waals surface area contributed by atoms with Gasteiger partial charge in [-0.05, 0) is 63.8 Å². The van der Waals surface area contributed by atoms with Gasteiger partial charge in [-0.2, -0.15) is 0 Å². The van der Waals surface area contributed by atoms with Crippen LogP contribution in [-0.2, 0) is 0 Å². The largest absolute Gasteiger partial charge is 0.388 e. The molecule has 1 atom stereocenters. The molecule has 23 heavy (non-hydrogen) atoms. The fraction of sp³-hybridized carbons (Fsp3) is 0.611. The summed E-state index contributed by atoms with van der Waals surface area (Å²) in [6, 6.07) is 3.88. The van der Waals surface area contributed by atoms with Crippen molar-refractivity contribution >= 4 is 17.4 Å². The summed E-state index contributed by atoms with van der Waals surface area (Å²) in [5, 5.41) is 13.3. The van der Waals surface area contributed by atoms with Gasteiger partial charge in [-0.1, -0.05) is 0 Å². The number of hydrogen-bond donors (Lipinski definition) is 2. The first-order valence-corrected chi connectivity index (χ1v) is 8.20. The molecule has 5 heteroatoms. The highest BCUT2D eigenvalue weighted by Gasteiger charge is 2.38. The molecule has 2 rings (SSSR count). The number of rotatable bonds is 3. The number of nitrogens with zero attached hydrogens (tertiary/aromatic N) is 2. The lowest BCUT2D eigenvalue weighted by Gasteiger charge is -2.34. The van der Waals surface area contributed by atoms with Gasteiger partial charge in [0.25, 0.3) is 0 Å². The molecule has 1 unspecified atom stereocenters. The Balaban J connectivity index is 2.21. The van der Waals surface area contributed by atoms with Crippen LogP contribution in [0.3, 0.4) is 0 Å². The molecule has 0 saturated carbocycles. The minimum absolute atomic E-state index is 0.126. The third kappa shape index (κ3) is 3.78. The monoisotopic (exact) mass is 319 g/mol. The molecule has 0 aromatic heterocycles. The number of anilines is 2. The Kier molecular flexibility index (Phi) is 4.90. The molecule has 0 radical (unpaired) electrons. The summed E-state index contributed by atoms with van der Waals surface area (Å²) >= 11 is 0. The van der Waals surface area contributed by atoms with Gasteiger partial charge in [0.2, 0.25) is 0 Å². The number of aryl methyl sites for hydroxylation is 2. The van der Waals surface area contributed by atoms with Gasteiger partial charge < -0.3 is 20.2 Å². The summed E-state index contributed by atoms with van der Waals surface area (Å²) in [7, 11) is 4.01. The minimum atomic E-state index is -0.882. The Morgan fingerprint density at radius 2 is 1.87 bits per heavy atom. The van der Waals surface area contributed by atoms with Crippen LogP contribution in [0.4, 0.5) is 16.2 Å². The van der Waals surface area contributed by atoms with Gasteiger partial charge >= 0.3 is 6.03 Å². The van der Waals surface area contributed by atoms with Crippen LogP contribution in [0.2, 0.25) is 0 Å². The van der Waals surface area contributed by atoms with E-state index in [4.69, 9.17) is 0 Å². The van der Waals surface area contributed by atoms with Gasteiger partial charge in [-0.15, -0.1) is 0 Å². The van der Waals surface area contributed by atoms with E-state index in [0.29, 0.717) is 6.54 Å². The summed E-state index contributed by atoms with van der Waals surface area (Å²) in [5.41, 5.74) is 3.19. The van der Waals surface area contributed by atoms with Gasteiger partial charge in [0.05, 0.1) is 11.6 Å². The molecule has 0 aliphatic carbocycles. The minimum Gasteiger partial charge on any atom is -0.388 e. The van der Waals surface area contributed by atoms with Crippen LogP contribution < -0.4 is 10.2 Å². The van der Waals surface area contributed by atoms with Gasteiger partial charge in [0.15, 0.2) is 0 Å². The molecular formula is C18H29N3O2. The number of urea groups is 1. The van der Waals surface area contributed by atoms with E-state index >= 15 is 0 Å². The molecule has 1 aromatic carbocycles. The van der Waals surface area contributed by atoms with Crippen LogP contribution in [0.1, 0.15) is 37.8 Å². The number of hydrogen-bond acceptors (Lipinski definition) is 3. The molecule has 1 fully saturated rings. The lowest BCUT2D eigenvalue weighted by molar-refractivity contribution is 0.0117. The molecule has 2 N–H and O–H groups in total. The van der Waals surface area contributed by atoms with Gasteiger partial charge in [-0.3, -0.25) is 0 Å². The Hall–Kier alpha value is -1.75. The molecule has 0 spiro atoms. The summed E-state index contributed by atoms with van der Waals surface area (Å²) in [6.07, 6.45) is 1.77. The van der Waals surface area contributed by atoms with Crippen LogP contribution in [0.5, 0.6) is 0 Å². The Labute approximate surface area is 139 Å². The van der Waals surface area contributed by atoms with Crippen molar-refractivity contribution in [3.05, 3.63) is 23.3 Å². The van der Waals surface area contributed by atoms with Crippen LogP contribution in [-0.4, -0.2) is 48.3 Å². The average molecular weight is 319 g/mol. The standard InChI is InChI=1S/C18H29N3O2/c1-12-10-14(20(5)6)11-13(2)16(12)19-17(22)21-9-7-8-15(21)18(3,4)23/h10-11,15,23H,7-9H2,1-6H3,(H,19,22). The van der Waals surface area contributed by atoms with Gasteiger partial charge in [0.1, 0.15) is 0 Å². The van der Waals surface area contributed by atoms with Crippen molar-refractivity contribution in [2.45, 2.75) is 52.2 Å². The van der Waals surface area contributed by atoms with E-state index in [1.54, 1.807) is 18.7 Å². The van der Waals surface area contributed by atoms with E-state index in [0.717, 1.165) is 35.3 Å². The van der Waals surface area contributed by atoms with Crippen molar-refractivity contribution in [1.29, 1.82) is 0 Å². The number of carbonyl (C=O) groups excluding carboxylic acids is 1. The predicted octanol–water partition coefficient (Wildman–Crippen LogP) is 3.14. The van der Waals surface area contributed by atoms with E-state index in [-0.39, 0.29) is 12.1 Å². The highest BCUT2D eigenvalue weighted by atomic mass is 16.3. The third-order valence-electron chi connectivity index (χ3n) is 4.59. The second-order valence-electron chi connectivity index (χ2n) is 7.28. The fourth-order valence-electron chi connectivity index (χ4n) is 3.32. The van der Waals surface area contributed by atoms with Crippen molar-refractivity contribution in [3.8, 4) is 0 Å². The average Bonchev–Trinajstić information content (AvgIpc) is 2.91. The van der Waals surface area contributed by atoms with Crippen molar-refractivity contribution in [2.24, 2.45) is 0 Å². The zero-order chi connectivity index (χ0) is 17.4. The number of amides is 2. The third-order valence-corrected chi connectivity index (χ3v) is 4.59. The Bertz CT molecular complexity index is 567. The fourth-order valence-corrected chi connectivity index (χ4v) is 3.32. The number of aliphatic hydroxyl groups is 1. The molecule has 0 bridgehead atoms. The Morgan fingerprint density at radius 3 is 2.35 bits per heavy atom. The number of carbonyl (C=O) groups is 1. The maximum Gasteiger partial charge on any atom is 0.322 e. The van der Waals surface area contributed by atoms with Crippen LogP contribution in [0.15, 0.2) is 12.1 Å².